The van der Waals surface area contributed by atoms with Crippen molar-refractivity contribution >= 4 is 39.6 Å². The summed E-state index contributed by atoms with van der Waals surface area (Å²) < 4.78 is 343. The van der Waals surface area contributed by atoms with Gasteiger partial charge in [0.1, 0.15) is 6.15 Å². The molecule has 74 heavy (non-hydrogen) atoms. The van der Waals surface area contributed by atoms with Crippen molar-refractivity contribution in [1.29, 1.82) is 0 Å². The normalized spacial score (nSPS) is 13.5. The first-order chi connectivity index (χ1) is 33.3. The molecule has 0 spiro atoms. The van der Waals surface area contributed by atoms with Gasteiger partial charge in [-0.2, -0.15) is 132 Å². The highest BCUT2D eigenvalue weighted by atomic mass is 35.5. The summed E-state index contributed by atoms with van der Waals surface area (Å²) in [7, 11) is 0. The Kier molecular flexibility index (Phi) is 15.8. The summed E-state index contributed by atoms with van der Waals surface area (Å²) in [6.45, 7) is 7.28. The number of alkyl halides is 24. The number of pyridine rings is 1. The molecule has 0 N–H and O–H groups in total. The van der Waals surface area contributed by atoms with Crippen molar-refractivity contribution in [1.82, 2.24) is 0 Å². The third-order valence-electron chi connectivity index (χ3n) is 11.5. The molecule has 0 unspecified atom stereocenters. The maximum absolute atomic E-state index is 14.2. The molecule has 0 bridgehead atoms. The summed E-state index contributed by atoms with van der Waals surface area (Å²) in [5.41, 5.74) is -24.9. The molecule has 6 rings (SSSR count). The number of benzene rings is 5. The minimum absolute atomic E-state index is 0.691. The topological polar surface area (TPSA) is 3.88 Å². The van der Waals surface area contributed by atoms with Gasteiger partial charge in [0.2, 0.25) is 0 Å². The molecule has 0 saturated carbocycles. The summed E-state index contributed by atoms with van der Waals surface area (Å²) >= 11 is 6.17. The van der Waals surface area contributed by atoms with Gasteiger partial charge in [-0.15, -0.1) is 0 Å². The lowest BCUT2D eigenvalue weighted by molar-refractivity contribution is -0.686. The van der Waals surface area contributed by atoms with E-state index < -0.39 is 195 Å². The van der Waals surface area contributed by atoms with E-state index in [0.717, 1.165) is 11.7 Å². The molecular weight excluding hydrogens is 1080 g/mol. The van der Waals surface area contributed by atoms with Gasteiger partial charge in [0.25, 0.3) is 5.15 Å². The van der Waals surface area contributed by atoms with Gasteiger partial charge in [-0.1, -0.05) is 66.2 Å². The second-order valence-corrected chi connectivity index (χ2v) is 17.1. The molecule has 5 aromatic carbocycles. The van der Waals surface area contributed by atoms with E-state index in [0.29, 0.717) is 0 Å². The quantitative estimate of drug-likeness (QED) is 0.0677. The van der Waals surface area contributed by atoms with Gasteiger partial charge in [0.15, 0.2) is 12.7 Å². The monoisotopic (exact) mass is 1110 g/mol. The van der Waals surface area contributed by atoms with E-state index in [1.807, 2.05) is 24.4 Å². The van der Waals surface area contributed by atoms with Crippen LogP contribution in [0.5, 0.6) is 0 Å². The molecule has 27 heteroatoms. The van der Waals surface area contributed by atoms with Crippen LogP contribution in [0, 0.1) is 20.8 Å². The molecule has 0 amide bonds. The van der Waals surface area contributed by atoms with Crippen molar-refractivity contribution in [2.24, 2.45) is 0 Å². The molecule has 1 nitrogen and oxygen atoms in total. The number of rotatable bonds is 6. The standard InChI is InChI=1S/C32H12BF24.C15H17ClN/c34-25(35,36)13-1-14(26(37,38)39)6-21(5-13)33(22-7-15(27(40,41)42)2-16(8-22)28(43,44)45,23-9-17(29(46,47)48)3-18(10-23)30(49,50)51)24-11-19(31(52,53)54)4-20(12-24)32(55,56)57;1-11-8-12(2)14(13(3)9-11)10-17-7-5-4-6-15(17)16/h1-12H;4-9H,10H2,1-3H3/q-1;+1. The van der Waals surface area contributed by atoms with Crippen LogP contribution < -0.4 is 26.4 Å². The molecule has 1 aromatic heterocycles. The van der Waals surface area contributed by atoms with E-state index in [4.69, 9.17) is 11.6 Å². The first kappa shape index (κ1) is 58.8. The van der Waals surface area contributed by atoms with Gasteiger partial charge >= 0.3 is 49.4 Å². The van der Waals surface area contributed by atoms with E-state index in [9.17, 15) is 105 Å². The fourth-order valence-corrected chi connectivity index (χ4v) is 8.47. The van der Waals surface area contributed by atoms with Crippen LogP contribution in [-0.4, -0.2) is 6.15 Å². The van der Waals surface area contributed by atoms with Crippen molar-refractivity contribution in [3.63, 3.8) is 0 Å². The number of hydrogen-bond donors (Lipinski definition) is 0. The van der Waals surface area contributed by atoms with Crippen LogP contribution in [-0.2, 0) is 56.0 Å². The van der Waals surface area contributed by atoms with E-state index in [-0.39, 0.29) is 0 Å². The Morgan fingerprint density at radius 1 is 0.351 bits per heavy atom. The Balaban J connectivity index is 0.000000500. The first-order valence-electron chi connectivity index (χ1n) is 20.4. The Hall–Kier alpha value is -6.08. The highest BCUT2D eigenvalue weighted by molar-refractivity contribution is 7.20. The first-order valence-corrected chi connectivity index (χ1v) is 20.8. The molecule has 0 aliphatic heterocycles. The zero-order valence-electron chi connectivity index (χ0n) is 37.1. The van der Waals surface area contributed by atoms with Crippen molar-refractivity contribution in [2.75, 3.05) is 0 Å². The van der Waals surface area contributed by atoms with Crippen molar-refractivity contribution in [2.45, 2.75) is 76.7 Å². The van der Waals surface area contributed by atoms with Gasteiger partial charge in [-0.25, -0.2) is 0 Å². The van der Waals surface area contributed by atoms with Crippen LogP contribution in [0.1, 0.15) is 66.8 Å². The Morgan fingerprint density at radius 3 is 0.784 bits per heavy atom. The molecule has 1 heterocycles. The lowest BCUT2D eigenvalue weighted by atomic mass is 9.12. The minimum atomic E-state index is -6.13. The van der Waals surface area contributed by atoms with Crippen molar-refractivity contribution in [3.05, 3.63) is 181 Å². The largest absolute Gasteiger partial charge is 0.416 e. The van der Waals surface area contributed by atoms with Gasteiger partial charge in [0, 0.05) is 17.7 Å². The van der Waals surface area contributed by atoms with Crippen molar-refractivity contribution in [3.8, 4) is 0 Å². The molecule has 0 aliphatic rings. The second-order valence-electron chi connectivity index (χ2n) is 16.8. The molecular formula is C47H29BClF24N. The third-order valence-corrected chi connectivity index (χ3v) is 11.8. The number of hydrogen-bond acceptors (Lipinski definition) is 0. The second kappa shape index (κ2) is 19.9. The van der Waals surface area contributed by atoms with E-state index in [2.05, 4.69) is 37.5 Å². The number of aromatic nitrogens is 1. The highest BCUT2D eigenvalue weighted by Crippen LogP contribution is 2.41. The molecule has 0 fully saturated rings. The summed E-state index contributed by atoms with van der Waals surface area (Å²) in [5, 5.41) is 0.770. The number of halogens is 25. The van der Waals surface area contributed by atoms with E-state index in [1.165, 1.54) is 22.3 Å². The fraction of sp³-hybridized carbons (Fsp3) is 0.255. The van der Waals surface area contributed by atoms with Crippen LogP contribution in [0.15, 0.2) is 109 Å². The maximum atomic E-state index is 14.2. The third kappa shape index (κ3) is 13.2. The van der Waals surface area contributed by atoms with E-state index >= 15 is 0 Å². The highest BCUT2D eigenvalue weighted by Gasteiger charge is 2.47. The Labute approximate surface area is 406 Å². The number of aryl methyl sites for hydroxylation is 3. The SMILES string of the molecule is Cc1cc(C)c(C[n+]2ccccc2Cl)c(C)c1.FC(F)(F)c1cc([B-](c2cc(C(F)(F)F)cc(C(F)(F)F)c2)(c2cc(C(F)(F)F)cc(C(F)(F)F)c2)c2cc(C(F)(F)F)cc(C(F)(F)F)c2)cc(C(F)(F)F)c1. The lowest BCUT2D eigenvalue weighted by Crippen LogP contribution is -2.75. The van der Waals surface area contributed by atoms with Crippen LogP contribution in [0.25, 0.3) is 0 Å². The molecule has 0 radical (unpaired) electrons. The molecule has 400 valence electrons. The summed E-state index contributed by atoms with van der Waals surface area (Å²) in [6, 6.07) is 1.51. The van der Waals surface area contributed by atoms with Gasteiger partial charge in [-0.05, 0) is 73.8 Å². The lowest BCUT2D eigenvalue weighted by Gasteiger charge is -2.46. The average Bonchev–Trinajstić information content (AvgIpc) is 3.23. The predicted octanol–water partition coefficient (Wildman–Crippen LogP) is 14.8. The number of nitrogens with zero attached hydrogens (tertiary/aromatic N) is 1. The molecule has 0 saturated heterocycles. The Bertz CT molecular complexity index is 2560. The van der Waals surface area contributed by atoms with E-state index in [1.54, 1.807) is 0 Å². The minimum Gasteiger partial charge on any atom is -0.194 e. The summed E-state index contributed by atoms with van der Waals surface area (Å²) in [5.74, 6) is 0. The maximum Gasteiger partial charge on any atom is 0.416 e. The smallest absolute Gasteiger partial charge is 0.194 e. The average molecular weight is 1110 g/mol. The zero-order chi connectivity index (χ0) is 56.3. The molecule has 6 aromatic rings. The zero-order valence-corrected chi connectivity index (χ0v) is 37.8. The fourth-order valence-electron chi connectivity index (χ4n) is 8.28. The Morgan fingerprint density at radius 2 is 0.581 bits per heavy atom. The van der Waals surface area contributed by atoms with Crippen LogP contribution >= 0.6 is 11.6 Å². The van der Waals surface area contributed by atoms with Crippen LogP contribution in [0.3, 0.4) is 0 Å². The predicted molar refractivity (Wildman–Crippen MR) is 221 cm³/mol. The van der Waals surface area contributed by atoms with Gasteiger partial charge in [-0.3, -0.25) is 0 Å². The van der Waals surface area contributed by atoms with Crippen molar-refractivity contribution < 1.29 is 110 Å². The molecule has 0 atom stereocenters. The summed E-state index contributed by atoms with van der Waals surface area (Å²) in [6.07, 6.45) is -52.8. The van der Waals surface area contributed by atoms with Crippen LogP contribution in [0.4, 0.5) is 105 Å². The summed E-state index contributed by atoms with van der Waals surface area (Å²) in [4.78, 5) is 0. The molecule has 0 aliphatic carbocycles. The van der Waals surface area contributed by atoms with Crippen LogP contribution in [0.2, 0.25) is 5.15 Å². The van der Waals surface area contributed by atoms with Gasteiger partial charge < -0.3 is 0 Å². The van der Waals surface area contributed by atoms with Gasteiger partial charge in [0.05, 0.1) is 44.5 Å².